The monoisotopic (exact) mass is 428 g/mol. The Morgan fingerprint density at radius 1 is 1.19 bits per heavy atom. The first-order chi connectivity index (χ1) is 14.8. The van der Waals surface area contributed by atoms with Gasteiger partial charge in [0.2, 0.25) is 5.91 Å². The topological polar surface area (TPSA) is 103 Å². The highest BCUT2D eigenvalue weighted by Crippen LogP contribution is 2.27. The second-order valence-electron chi connectivity index (χ2n) is 6.66. The number of alkyl halides is 2. The number of anilines is 3. The molecule has 1 aliphatic heterocycles. The van der Waals surface area contributed by atoms with E-state index in [0.717, 1.165) is 11.8 Å². The first kappa shape index (κ1) is 21.8. The van der Waals surface area contributed by atoms with E-state index in [9.17, 15) is 23.2 Å². The Morgan fingerprint density at radius 3 is 2.61 bits per heavy atom. The van der Waals surface area contributed by atoms with Gasteiger partial charge in [0.25, 0.3) is 5.91 Å². The van der Waals surface area contributed by atoms with Crippen molar-refractivity contribution in [2.75, 3.05) is 17.7 Å². The Balaban J connectivity index is 1.92. The van der Waals surface area contributed by atoms with Gasteiger partial charge in [-0.15, -0.1) is 13.4 Å². The van der Waals surface area contributed by atoms with Crippen LogP contribution in [0.25, 0.3) is 0 Å². The van der Waals surface area contributed by atoms with E-state index in [-0.39, 0.29) is 21.6 Å². The molecular formula is C21H20F2N5O3+. The van der Waals surface area contributed by atoms with Gasteiger partial charge in [-0.3, -0.25) is 9.59 Å². The lowest BCUT2D eigenvalue weighted by molar-refractivity contribution is -0.550. The normalized spacial score (nSPS) is 15.5. The highest BCUT2D eigenvalue weighted by Gasteiger charge is 2.39. The molecule has 3 amide bonds. The van der Waals surface area contributed by atoms with Crippen LogP contribution in [0.5, 0.6) is 0 Å². The molecule has 1 aromatic heterocycles. The summed E-state index contributed by atoms with van der Waals surface area (Å²) in [6, 6.07) is 8.74. The maximum absolute atomic E-state index is 13.0. The van der Waals surface area contributed by atoms with Crippen molar-refractivity contribution >= 4 is 41.1 Å². The highest BCUT2D eigenvalue weighted by molar-refractivity contribution is 6.09. The predicted molar refractivity (Wildman–Crippen MR) is 111 cm³/mol. The number of amides is 3. The molecule has 0 fully saturated rings. The molecule has 31 heavy (non-hydrogen) atoms. The third-order valence-electron chi connectivity index (χ3n) is 4.60. The molecule has 160 valence electrons. The molecule has 0 saturated heterocycles. The number of para-hydroxylation sites is 1. The number of benzene rings is 1. The second-order valence-corrected chi connectivity index (χ2v) is 6.66. The number of aromatic nitrogens is 1. The summed E-state index contributed by atoms with van der Waals surface area (Å²) in [5.74, 6) is -3.55. The van der Waals surface area contributed by atoms with Crippen molar-refractivity contribution in [2.45, 2.75) is 13.5 Å². The summed E-state index contributed by atoms with van der Waals surface area (Å²) < 4.78 is 26.2. The van der Waals surface area contributed by atoms with Gasteiger partial charge < -0.3 is 16.0 Å². The van der Waals surface area contributed by atoms with Crippen molar-refractivity contribution < 1.29 is 27.7 Å². The van der Waals surface area contributed by atoms with Gasteiger partial charge >= 0.3 is 12.5 Å². The van der Waals surface area contributed by atoms with Gasteiger partial charge in [0.15, 0.2) is 18.0 Å². The van der Waals surface area contributed by atoms with E-state index in [0.29, 0.717) is 5.69 Å². The number of hydrogen-bond donors (Lipinski definition) is 3. The Morgan fingerprint density at radius 2 is 1.94 bits per heavy atom. The summed E-state index contributed by atoms with van der Waals surface area (Å²) in [6.07, 6.45) is 4.68. The van der Waals surface area contributed by atoms with Crippen LogP contribution in [0.2, 0.25) is 0 Å². The molecule has 1 unspecified atom stereocenters. The van der Waals surface area contributed by atoms with Crippen LogP contribution in [0, 0.1) is 12.8 Å². The first-order valence-corrected chi connectivity index (χ1v) is 9.29. The number of nitrogens with zero attached hydrogens (tertiary/aromatic N) is 2. The van der Waals surface area contributed by atoms with Gasteiger partial charge in [0, 0.05) is 18.9 Å². The number of hydrogen-bond acceptors (Lipinski definition) is 5. The molecule has 0 saturated carbocycles. The van der Waals surface area contributed by atoms with Crippen molar-refractivity contribution in [1.82, 2.24) is 10.3 Å². The standard InChI is InChI=1S/C21H19F2N5O3/c1-12-6-3-4-8-15(12)26-17-16(10-13(11-25-17)18(29)24-2)27-19(30)14-7-5-9-28(20(14)31)21(22)23/h3-11,14,21H,1-2H3,(H2-,24,25,26,27,29,30)/p+1. The molecule has 0 aliphatic carbocycles. The van der Waals surface area contributed by atoms with Crippen LogP contribution < -0.4 is 16.0 Å². The van der Waals surface area contributed by atoms with Gasteiger partial charge in [-0.25, -0.2) is 9.78 Å². The second kappa shape index (κ2) is 9.24. The van der Waals surface area contributed by atoms with E-state index in [4.69, 9.17) is 0 Å². The maximum Gasteiger partial charge on any atom is 0.453 e. The summed E-state index contributed by atoms with van der Waals surface area (Å²) >= 11 is 0. The van der Waals surface area contributed by atoms with Gasteiger partial charge in [0.05, 0.1) is 11.3 Å². The van der Waals surface area contributed by atoms with Gasteiger partial charge in [-0.2, -0.15) is 0 Å². The van der Waals surface area contributed by atoms with E-state index >= 15 is 0 Å². The van der Waals surface area contributed by atoms with Crippen molar-refractivity contribution in [3.8, 4) is 0 Å². The predicted octanol–water partition coefficient (Wildman–Crippen LogP) is 2.45. The lowest BCUT2D eigenvalue weighted by Gasteiger charge is -2.16. The van der Waals surface area contributed by atoms with Gasteiger partial charge in [-0.1, -0.05) is 24.3 Å². The molecule has 1 aliphatic rings. The van der Waals surface area contributed by atoms with Crippen LogP contribution in [0.3, 0.4) is 0 Å². The van der Waals surface area contributed by atoms with E-state index in [1.54, 1.807) is 6.07 Å². The number of carbonyl (C=O) groups is 3. The summed E-state index contributed by atoms with van der Waals surface area (Å²) in [5.41, 5.74) is 1.91. The van der Waals surface area contributed by atoms with Crippen LogP contribution in [-0.4, -0.2) is 47.1 Å². The average Bonchev–Trinajstić information content (AvgIpc) is 2.75. The van der Waals surface area contributed by atoms with Crippen molar-refractivity contribution in [3.05, 3.63) is 59.8 Å². The fourth-order valence-electron chi connectivity index (χ4n) is 2.91. The van der Waals surface area contributed by atoms with Gasteiger partial charge in [-0.05, 0) is 30.7 Å². The molecule has 3 N–H and O–H groups in total. The molecule has 0 bridgehead atoms. The first-order valence-electron chi connectivity index (χ1n) is 9.29. The van der Waals surface area contributed by atoms with Crippen molar-refractivity contribution in [2.24, 2.45) is 5.92 Å². The smallest absolute Gasteiger partial charge is 0.355 e. The van der Waals surface area contributed by atoms with Crippen molar-refractivity contribution in [1.29, 1.82) is 0 Å². The maximum atomic E-state index is 13.0. The van der Waals surface area contributed by atoms with E-state index in [1.165, 1.54) is 31.5 Å². The molecule has 8 nitrogen and oxygen atoms in total. The number of rotatable bonds is 6. The number of allylic oxidation sites excluding steroid dienone is 1. The number of nitrogens with one attached hydrogen (secondary N) is 3. The van der Waals surface area contributed by atoms with E-state index < -0.39 is 30.2 Å². The fraction of sp³-hybridized carbons (Fsp3) is 0.190. The Bertz CT molecular complexity index is 1100. The van der Waals surface area contributed by atoms with Crippen LogP contribution in [0.4, 0.5) is 26.0 Å². The third-order valence-corrected chi connectivity index (χ3v) is 4.60. The van der Waals surface area contributed by atoms with Crippen LogP contribution >= 0.6 is 0 Å². The zero-order valence-electron chi connectivity index (χ0n) is 16.7. The Labute approximate surface area is 176 Å². The number of pyridine rings is 1. The summed E-state index contributed by atoms with van der Waals surface area (Å²) in [6.45, 7) is -1.19. The largest absolute Gasteiger partial charge is 0.453 e. The third kappa shape index (κ3) is 4.80. The lowest BCUT2D eigenvalue weighted by Crippen LogP contribution is -2.40. The molecule has 0 radical (unpaired) electrons. The molecule has 1 atom stereocenters. The summed E-state index contributed by atoms with van der Waals surface area (Å²) in [4.78, 5) is 41.2. The molecule has 2 heterocycles. The van der Waals surface area contributed by atoms with Crippen LogP contribution in [0.15, 0.2) is 48.7 Å². The SMILES string of the molecule is CNC(=O)c1cnc(Nc2ccccc2C)c(NC(=O)C2C=CC=[N+](C(F)F)C2=O)c1. The number of halogens is 2. The highest BCUT2D eigenvalue weighted by atomic mass is 19.3. The molecule has 10 heteroatoms. The minimum absolute atomic E-state index is 0.119. The zero-order chi connectivity index (χ0) is 22.5. The minimum Gasteiger partial charge on any atom is -0.355 e. The Hall–Kier alpha value is -3.95. The molecule has 2 aromatic rings. The van der Waals surface area contributed by atoms with Crippen LogP contribution in [0.1, 0.15) is 15.9 Å². The summed E-state index contributed by atoms with van der Waals surface area (Å²) in [7, 11) is 1.45. The molecular weight excluding hydrogens is 408 g/mol. The quantitative estimate of drug-likeness (QED) is 0.373. The van der Waals surface area contributed by atoms with E-state index in [2.05, 4.69) is 20.9 Å². The van der Waals surface area contributed by atoms with Gasteiger partial charge in [0.1, 0.15) is 0 Å². The lowest BCUT2D eigenvalue weighted by atomic mass is 10.0. The number of carbonyl (C=O) groups excluding carboxylic acids is 3. The van der Waals surface area contributed by atoms with Crippen molar-refractivity contribution in [3.63, 3.8) is 0 Å². The minimum atomic E-state index is -3.07. The Kier molecular flexibility index (Phi) is 6.49. The fourth-order valence-corrected chi connectivity index (χ4v) is 2.91. The summed E-state index contributed by atoms with van der Waals surface area (Å²) in [5, 5.41) is 8.06. The van der Waals surface area contributed by atoms with E-state index in [1.807, 2.05) is 25.1 Å². The van der Waals surface area contributed by atoms with Crippen LogP contribution in [-0.2, 0) is 9.59 Å². The molecule has 0 spiro atoms. The molecule has 3 rings (SSSR count). The number of aryl methyl sites for hydroxylation is 1. The average molecular weight is 428 g/mol. The zero-order valence-corrected chi connectivity index (χ0v) is 16.7. The molecule has 1 aromatic carbocycles.